The van der Waals surface area contributed by atoms with E-state index in [1.807, 2.05) is 13.8 Å². The molecule has 28 heavy (non-hydrogen) atoms. The number of nitrogens with one attached hydrogen (secondary N) is 2. The Labute approximate surface area is 170 Å². The first-order valence-corrected chi connectivity index (χ1v) is 9.11. The first-order valence-electron chi connectivity index (χ1n) is 8.35. The number of carbonyl (C=O) groups excluding carboxylic acids is 1. The summed E-state index contributed by atoms with van der Waals surface area (Å²) in [6.07, 6.45) is -1.08. The van der Waals surface area contributed by atoms with Crippen LogP contribution in [0.3, 0.4) is 0 Å². The Kier molecular flexibility index (Phi) is 5.97. The fourth-order valence-electron chi connectivity index (χ4n) is 2.47. The van der Waals surface area contributed by atoms with Crippen LogP contribution in [0.1, 0.15) is 25.3 Å². The molecular weight excluding hydrogens is 411 g/mol. The van der Waals surface area contributed by atoms with Gasteiger partial charge in [0.15, 0.2) is 11.9 Å². The molecule has 11 heteroatoms. The highest BCUT2D eigenvalue weighted by atomic mass is 35.5. The van der Waals surface area contributed by atoms with Crippen LogP contribution in [-0.2, 0) is 11.9 Å². The van der Waals surface area contributed by atoms with E-state index in [1.54, 1.807) is 13.1 Å². The summed E-state index contributed by atoms with van der Waals surface area (Å²) in [6.45, 7) is 3.90. The summed E-state index contributed by atoms with van der Waals surface area (Å²) in [5, 5.41) is 6.98. The van der Waals surface area contributed by atoms with E-state index in [0.29, 0.717) is 11.3 Å². The Hall–Kier alpha value is -2.49. The summed E-state index contributed by atoms with van der Waals surface area (Å²) in [7, 11) is 1.54. The molecule has 1 amide bonds. The van der Waals surface area contributed by atoms with E-state index in [2.05, 4.69) is 20.7 Å². The molecule has 2 aromatic rings. The number of hydroxylamine groups is 1. The number of aryl methyl sites for hydroxylation is 1. The quantitative estimate of drug-likeness (QED) is 0.728. The molecule has 150 valence electrons. The van der Waals surface area contributed by atoms with Crippen LogP contribution >= 0.6 is 23.2 Å². The average Bonchev–Trinajstić information content (AvgIpc) is 3.04. The third-order valence-electron chi connectivity index (χ3n) is 3.87. The molecule has 1 unspecified atom stereocenters. The number of benzene rings is 1. The number of aromatic nitrogens is 2. The molecule has 1 fully saturated rings. The van der Waals surface area contributed by atoms with Gasteiger partial charge in [-0.15, -0.1) is 10.6 Å². The second kappa shape index (κ2) is 8.26. The van der Waals surface area contributed by atoms with E-state index in [4.69, 9.17) is 32.7 Å². The van der Waals surface area contributed by atoms with Crippen molar-refractivity contribution >= 4 is 29.3 Å². The van der Waals surface area contributed by atoms with Gasteiger partial charge in [0.05, 0.1) is 10.0 Å². The molecular formula is C17H18Cl2N4O5. The Morgan fingerprint density at radius 3 is 2.50 bits per heavy atom. The van der Waals surface area contributed by atoms with Crippen molar-refractivity contribution in [1.29, 1.82) is 0 Å². The number of carbonyl (C=O) groups is 1. The molecule has 2 N–H and O–H groups in total. The van der Waals surface area contributed by atoms with Crippen molar-refractivity contribution in [3.8, 4) is 17.4 Å². The first-order chi connectivity index (χ1) is 13.2. The van der Waals surface area contributed by atoms with E-state index in [9.17, 15) is 9.59 Å². The SMILES string of the molecule is CC(C)c1cc(Oc2c(Cl)cc(OCC3NOC(=O)N3)cc2Cl)nn(C)c1=O. The van der Waals surface area contributed by atoms with Crippen molar-refractivity contribution in [2.45, 2.75) is 25.9 Å². The number of rotatable bonds is 6. The van der Waals surface area contributed by atoms with E-state index in [0.717, 1.165) is 0 Å². The van der Waals surface area contributed by atoms with Crippen molar-refractivity contribution in [3.05, 3.63) is 44.2 Å². The second-order valence-electron chi connectivity index (χ2n) is 6.35. The summed E-state index contributed by atoms with van der Waals surface area (Å²) in [5.74, 6) is 0.756. The van der Waals surface area contributed by atoms with Gasteiger partial charge in [-0.3, -0.25) is 10.1 Å². The monoisotopic (exact) mass is 428 g/mol. The van der Waals surface area contributed by atoms with Gasteiger partial charge in [-0.2, -0.15) is 0 Å². The van der Waals surface area contributed by atoms with Crippen molar-refractivity contribution in [2.24, 2.45) is 7.05 Å². The minimum absolute atomic E-state index is 0.000521. The lowest BCUT2D eigenvalue weighted by molar-refractivity contribution is 0.110. The molecule has 2 heterocycles. The second-order valence-corrected chi connectivity index (χ2v) is 7.17. The topological polar surface area (TPSA) is 104 Å². The molecule has 1 aromatic heterocycles. The molecule has 9 nitrogen and oxygen atoms in total. The van der Waals surface area contributed by atoms with Crippen LogP contribution in [0.15, 0.2) is 23.0 Å². The maximum Gasteiger partial charge on any atom is 0.427 e. The van der Waals surface area contributed by atoms with Crippen LogP contribution in [0.25, 0.3) is 0 Å². The molecule has 0 aliphatic carbocycles. The largest absolute Gasteiger partial charge is 0.490 e. The molecule has 1 saturated heterocycles. The molecule has 1 aliphatic rings. The van der Waals surface area contributed by atoms with E-state index >= 15 is 0 Å². The summed E-state index contributed by atoms with van der Waals surface area (Å²) in [6, 6.07) is 4.61. The molecule has 1 atom stereocenters. The zero-order valence-electron chi connectivity index (χ0n) is 15.3. The standard InChI is InChI=1S/C17H18Cl2N4O5/c1-8(2)10-6-14(21-23(3)16(10)24)27-15-11(18)4-9(5-12(15)19)26-7-13-20-17(25)28-22-13/h4-6,8,13,22H,7H2,1-3H3,(H,20,25). The number of halogens is 2. The predicted molar refractivity (Wildman–Crippen MR) is 102 cm³/mol. The lowest BCUT2D eigenvalue weighted by Crippen LogP contribution is -2.37. The van der Waals surface area contributed by atoms with Crippen LogP contribution in [0, 0.1) is 0 Å². The third-order valence-corrected chi connectivity index (χ3v) is 4.43. The molecule has 1 aromatic carbocycles. The van der Waals surface area contributed by atoms with Gasteiger partial charge in [0.25, 0.3) is 5.56 Å². The van der Waals surface area contributed by atoms with Crippen LogP contribution in [0.4, 0.5) is 4.79 Å². The fraction of sp³-hybridized carbons (Fsp3) is 0.353. The number of hydrogen-bond donors (Lipinski definition) is 2. The fourth-order valence-corrected chi connectivity index (χ4v) is 3.01. The van der Waals surface area contributed by atoms with Gasteiger partial charge in [0.1, 0.15) is 12.4 Å². The van der Waals surface area contributed by atoms with Crippen molar-refractivity contribution in [3.63, 3.8) is 0 Å². The maximum atomic E-state index is 12.1. The van der Waals surface area contributed by atoms with Crippen molar-refractivity contribution < 1.29 is 19.1 Å². The number of hydrogen-bond acceptors (Lipinski definition) is 7. The predicted octanol–water partition coefficient (Wildman–Crippen LogP) is 2.95. The van der Waals surface area contributed by atoms with Gasteiger partial charge in [-0.1, -0.05) is 37.0 Å². The molecule has 0 bridgehead atoms. The van der Waals surface area contributed by atoms with E-state index < -0.39 is 12.3 Å². The van der Waals surface area contributed by atoms with Gasteiger partial charge in [-0.05, 0) is 5.92 Å². The molecule has 3 rings (SSSR count). The van der Waals surface area contributed by atoms with Gasteiger partial charge in [0.2, 0.25) is 5.88 Å². The van der Waals surface area contributed by atoms with Crippen LogP contribution in [0.5, 0.6) is 17.4 Å². The number of amides is 1. The minimum Gasteiger partial charge on any atom is -0.490 e. The molecule has 0 spiro atoms. The van der Waals surface area contributed by atoms with Gasteiger partial charge < -0.3 is 14.3 Å². The Morgan fingerprint density at radius 2 is 1.93 bits per heavy atom. The highest BCUT2D eigenvalue weighted by molar-refractivity contribution is 6.37. The number of nitrogens with zero attached hydrogens (tertiary/aromatic N) is 2. The van der Waals surface area contributed by atoms with Gasteiger partial charge >= 0.3 is 6.09 Å². The Balaban J connectivity index is 1.78. The van der Waals surface area contributed by atoms with Crippen LogP contribution in [-0.4, -0.2) is 28.6 Å². The minimum atomic E-state index is -0.584. The lowest BCUT2D eigenvalue weighted by atomic mass is 10.1. The molecule has 1 aliphatic heterocycles. The van der Waals surface area contributed by atoms with Crippen LogP contribution < -0.4 is 25.8 Å². The third kappa shape index (κ3) is 4.49. The maximum absolute atomic E-state index is 12.1. The summed E-state index contributed by atoms with van der Waals surface area (Å²) >= 11 is 12.6. The van der Waals surface area contributed by atoms with Crippen LogP contribution in [0.2, 0.25) is 10.0 Å². The number of ether oxygens (including phenoxy) is 2. The average molecular weight is 429 g/mol. The Bertz CT molecular complexity index is 940. The smallest absolute Gasteiger partial charge is 0.427 e. The van der Waals surface area contributed by atoms with Gasteiger partial charge in [0, 0.05) is 30.8 Å². The van der Waals surface area contributed by atoms with E-state index in [1.165, 1.54) is 16.8 Å². The lowest BCUT2D eigenvalue weighted by Gasteiger charge is -2.14. The van der Waals surface area contributed by atoms with Crippen molar-refractivity contribution in [2.75, 3.05) is 6.61 Å². The van der Waals surface area contributed by atoms with Crippen molar-refractivity contribution in [1.82, 2.24) is 20.6 Å². The first kappa shape index (κ1) is 20.2. The zero-order chi connectivity index (χ0) is 20.4. The molecule has 0 saturated carbocycles. The summed E-state index contributed by atoms with van der Waals surface area (Å²) in [5.41, 5.74) is 2.83. The normalized spacial score (nSPS) is 16.1. The van der Waals surface area contributed by atoms with E-state index in [-0.39, 0.29) is 39.8 Å². The zero-order valence-corrected chi connectivity index (χ0v) is 16.8. The summed E-state index contributed by atoms with van der Waals surface area (Å²) in [4.78, 5) is 27.6. The highest BCUT2D eigenvalue weighted by Crippen LogP contribution is 2.39. The molecule has 0 radical (unpaired) electrons. The highest BCUT2D eigenvalue weighted by Gasteiger charge is 2.23. The summed E-state index contributed by atoms with van der Waals surface area (Å²) < 4.78 is 12.5. The van der Waals surface area contributed by atoms with Gasteiger partial charge in [-0.25, -0.2) is 9.48 Å². The Morgan fingerprint density at radius 1 is 1.25 bits per heavy atom.